The van der Waals surface area contributed by atoms with Gasteiger partial charge in [0.2, 0.25) is 0 Å². The highest BCUT2D eigenvalue weighted by molar-refractivity contribution is 5.05. The highest BCUT2D eigenvalue weighted by atomic mass is 19.1. The molecule has 0 aliphatic carbocycles. The Labute approximate surface area is 161 Å². The van der Waals surface area contributed by atoms with Crippen molar-refractivity contribution in [1.82, 2.24) is 4.90 Å². The Kier molecular flexibility index (Phi) is 8.36. The summed E-state index contributed by atoms with van der Waals surface area (Å²) in [6, 6.07) is 0. The van der Waals surface area contributed by atoms with Gasteiger partial charge in [-0.25, -0.2) is 4.39 Å². The Balaban J connectivity index is 0.000000171. The lowest BCUT2D eigenvalue weighted by Gasteiger charge is -2.42. The molecule has 154 valence electrons. The molecule has 1 spiro atoms. The third-order valence-electron chi connectivity index (χ3n) is 6.88. The van der Waals surface area contributed by atoms with Gasteiger partial charge in [-0.1, -0.05) is 34.6 Å². The first kappa shape index (κ1) is 22.1. The minimum atomic E-state index is -0.562. The summed E-state index contributed by atoms with van der Waals surface area (Å²) in [6.45, 7) is 15.4. The van der Waals surface area contributed by atoms with Gasteiger partial charge in [0.15, 0.2) is 0 Å². The van der Waals surface area contributed by atoms with E-state index in [0.29, 0.717) is 12.5 Å². The molecule has 0 saturated carbocycles. The van der Waals surface area contributed by atoms with Gasteiger partial charge in [0.1, 0.15) is 6.17 Å². The topological polar surface area (TPSA) is 21.7 Å². The van der Waals surface area contributed by atoms with Gasteiger partial charge in [0.05, 0.1) is 5.60 Å². The quantitative estimate of drug-likeness (QED) is 0.630. The van der Waals surface area contributed by atoms with Gasteiger partial charge in [-0.3, -0.25) is 4.90 Å². The van der Waals surface area contributed by atoms with Crippen LogP contribution in [0.4, 0.5) is 4.39 Å². The van der Waals surface area contributed by atoms with Crippen molar-refractivity contribution in [2.75, 3.05) is 32.9 Å². The lowest BCUT2D eigenvalue weighted by molar-refractivity contribution is -0.144. The Morgan fingerprint density at radius 1 is 1.04 bits per heavy atom. The van der Waals surface area contributed by atoms with Crippen LogP contribution in [0.3, 0.4) is 0 Å². The monoisotopic (exact) mass is 371 g/mol. The summed E-state index contributed by atoms with van der Waals surface area (Å²) in [5, 5.41) is 0. The van der Waals surface area contributed by atoms with Crippen LogP contribution in [0.15, 0.2) is 0 Å². The second kappa shape index (κ2) is 9.84. The van der Waals surface area contributed by atoms with E-state index in [0.717, 1.165) is 51.5 Å². The number of halogens is 1. The summed E-state index contributed by atoms with van der Waals surface area (Å²) in [5.74, 6) is 1.46. The zero-order valence-electron chi connectivity index (χ0n) is 17.9. The molecule has 0 N–H and O–H groups in total. The molecule has 4 heterocycles. The maximum absolute atomic E-state index is 13.2. The first-order valence-electron chi connectivity index (χ1n) is 11.1. The molecule has 3 unspecified atom stereocenters. The summed E-state index contributed by atoms with van der Waals surface area (Å²) >= 11 is 0. The lowest BCUT2D eigenvalue weighted by atomic mass is 9.82. The van der Waals surface area contributed by atoms with E-state index in [2.05, 4.69) is 25.7 Å². The van der Waals surface area contributed by atoms with Crippen molar-refractivity contribution in [3.63, 3.8) is 0 Å². The molecule has 26 heavy (non-hydrogen) atoms. The molecule has 0 aromatic carbocycles. The van der Waals surface area contributed by atoms with Crippen LogP contribution in [0.1, 0.15) is 79.6 Å². The van der Waals surface area contributed by atoms with E-state index in [9.17, 15) is 4.39 Å². The predicted molar refractivity (Wildman–Crippen MR) is 106 cm³/mol. The van der Waals surface area contributed by atoms with Crippen LogP contribution in [0, 0.1) is 11.8 Å². The molecule has 0 aromatic heterocycles. The largest absolute Gasteiger partial charge is 0.381 e. The summed E-state index contributed by atoms with van der Waals surface area (Å²) in [6.07, 6.45) is 7.40. The molecule has 0 bridgehead atoms. The van der Waals surface area contributed by atoms with Crippen molar-refractivity contribution in [3.05, 3.63) is 0 Å². The van der Waals surface area contributed by atoms with E-state index < -0.39 is 6.17 Å². The highest BCUT2D eigenvalue weighted by Gasteiger charge is 2.50. The minimum absolute atomic E-state index is 0.204. The lowest BCUT2D eigenvalue weighted by Crippen LogP contribution is -2.43. The van der Waals surface area contributed by atoms with Crippen LogP contribution >= 0.6 is 0 Å². The molecular weight excluding hydrogens is 329 g/mol. The van der Waals surface area contributed by atoms with Crippen molar-refractivity contribution in [2.24, 2.45) is 11.8 Å². The summed E-state index contributed by atoms with van der Waals surface area (Å²) in [4.78, 5) is 2.38. The molecule has 4 fully saturated rings. The molecule has 3 nitrogen and oxygen atoms in total. The molecule has 4 aliphatic heterocycles. The molecule has 4 aliphatic rings. The number of hydrogen-bond donors (Lipinski definition) is 0. The first-order chi connectivity index (χ1) is 12.5. The van der Waals surface area contributed by atoms with Crippen molar-refractivity contribution >= 4 is 0 Å². The maximum Gasteiger partial charge on any atom is 0.115 e. The Morgan fingerprint density at radius 2 is 1.73 bits per heavy atom. The van der Waals surface area contributed by atoms with Crippen molar-refractivity contribution < 1.29 is 13.9 Å². The normalized spacial score (nSPS) is 36.1. The van der Waals surface area contributed by atoms with Gasteiger partial charge in [-0.15, -0.1) is 0 Å². The second-order valence-electron chi connectivity index (χ2n) is 8.85. The fourth-order valence-electron chi connectivity index (χ4n) is 5.40. The van der Waals surface area contributed by atoms with Crippen molar-refractivity contribution in [2.45, 2.75) is 96.9 Å². The van der Waals surface area contributed by atoms with Crippen molar-refractivity contribution in [1.29, 1.82) is 0 Å². The van der Waals surface area contributed by atoms with E-state index in [1.807, 2.05) is 13.8 Å². The zero-order chi connectivity index (χ0) is 19.2. The summed E-state index contributed by atoms with van der Waals surface area (Å²) < 4.78 is 24.5. The van der Waals surface area contributed by atoms with Crippen LogP contribution in [0.25, 0.3) is 0 Å². The standard InChI is InChI=1S/C10H18FN.C10H18O2.C2H6/c1-8(2)10-4-3-5-12(10)7-9(11)6-10;1-9-2-5-12-10(8-9)3-6-11-7-4-10;1-2/h8-9H,3-7H2,1-2H3;9H,2-8H2,1H3;1-2H3. The minimum Gasteiger partial charge on any atom is -0.381 e. The Morgan fingerprint density at radius 3 is 2.31 bits per heavy atom. The van der Waals surface area contributed by atoms with Crippen LogP contribution in [-0.4, -0.2) is 55.1 Å². The van der Waals surface area contributed by atoms with Gasteiger partial charge in [0.25, 0.3) is 0 Å². The predicted octanol–water partition coefficient (Wildman–Crippen LogP) is 5.23. The third-order valence-corrected chi connectivity index (χ3v) is 6.88. The van der Waals surface area contributed by atoms with Gasteiger partial charge in [0, 0.05) is 31.9 Å². The van der Waals surface area contributed by atoms with Gasteiger partial charge in [-0.2, -0.15) is 0 Å². The number of alkyl halides is 1. The highest BCUT2D eigenvalue weighted by Crippen LogP contribution is 2.44. The van der Waals surface area contributed by atoms with E-state index in [-0.39, 0.29) is 11.1 Å². The number of hydrogen-bond acceptors (Lipinski definition) is 3. The van der Waals surface area contributed by atoms with Crippen LogP contribution in [0.5, 0.6) is 0 Å². The van der Waals surface area contributed by atoms with Gasteiger partial charge >= 0.3 is 0 Å². The molecular formula is C22H42FNO2. The van der Waals surface area contributed by atoms with Crippen LogP contribution < -0.4 is 0 Å². The fourth-order valence-corrected chi connectivity index (χ4v) is 5.40. The summed E-state index contributed by atoms with van der Waals surface area (Å²) in [5.41, 5.74) is 0.440. The van der Waals surface area contributed by atoms with Gasteiger partial charge in [-0.05, 0) is 63.3 Å². The third kappa shape index (κ3) is 4.99. The number of rotatable bonds is 1. The van der Waals surface area contributed by atoms with E-state index >= 15 is 0 Å². The van der Waals surface area contributed by atoms with Crippen LogP contribution in [0.2, 0.25) is 0 Å². The van der Waals surface area contributed by atoms with E-state index in [4.69, 9.17) is 9.47 Å². The average molecular weight is 372 g/mol. The number of nitrogens with zero attached hydrogens (tertiary/aromatic N) is 1. The van der Waals surface area contributed by atoms with Gasteiger partial charge < -0.3 is 9.47 Å². The molecule has 4 saturated heterocycles. The molecule has 0 amide bonds. The molecule has 3 atom stereocenters. The molecule has 0 radical (unpaired) electrons. The number of ether oxygens (including phenoxy) is 2. The molecule has 4 rings (SSSR count). The smallest absolute Gasteiger partial charge is 0.115 e. The molecule has 4 heteroatoms. The van der Waals surface area contributed by atoms with Crippen LogP contribution in [-0.2, 0) is 9.47 Å². The van der Waals surface area contributed by atoms with E-state index in [1.165, 1.54) is 25.7 Å². The fraction of sp³-hybridized carbons (Fsp3) is 1.00. The Bertz CT molecular complexity index is 405. The zero-order valence-corrected chi connectivity index (χ0v) is 17.9. The SMILES string of the molecule is CC.CC(C)C12CCCN1CC(F)C2.CC1CCOC2(CCOCC2)C1. The maximum atomic E-state index is 13.2. The van der Waals surface area contributed by atoms with E-state index in [1.54, 1.807) is 0 Å². The molecule has 0 aromatic rings. The Hall–Kier alpha value is -0.190. The second-order valence-corrected chi connectivity index (χ2v) is 8.85. The summed E-state index contributed by atoms with van der Waals surface area (Å²) in [7, 11) is 0. The van der Waals surface area contributed by atoms with Crippen molar-refractivity contribution in [3.8, 4) is 0 Å². The average Bonchev–Trinajstić information content (AvgIpc) is 3.15. The first-order valence-corrected chi connectivity index (χ1v) is 11.1. The number of fused-ring (bicyclic) bond motifs is 1.